The van der Waals surface area contributed by atoms with Gasteiger partial charge in [0.05, 0.1) is 0 Å². The monoisotopic (exact) mass is 280 g/mol. The van der Waals surface area contributed by atoms with Crippen LogP contribution in [0.15, 0.2) is 28.0 Å². The van der Waals surface area contributed by atoms with Crippen LogP contribution in [0.3, 0.4) is 0 Å². The number of hydrogen-bond donors (Lipinski definition) is 4. The quantitative estimate of drug-likeness (QED) is 0.382. The zero-order chi connectivity index (χ0) is 13.3. The third-order valence-electron chi connectivity index (χ3n) is 1.99. The third kappa shape index (κ3) is 2.80. The smallest absolute Gasteiger partial charge is 0.254 e. The van der Waals surface area contributed by atoms with Gasteiger partial charge in [-0.3, -0.25) is 11.7 Å². The third-order valence-corrected chi connectivity index (χ3v) is 4.59. The topological polar surface area (TPSA) is 144 Å². The van der Waals surface area contributed by atoms with Gasteiger partial charge in [0.1, 0.15) is 9.79 Å². The molecule has 1 rings (SSSR count). The number of nitrogens with one attached hydrogen (secondary N) is 2. The maximum atomic E-state index is 11.6. The molecule has 8 nitrogen and oxygen atoms in total. The van der Waals surface area contributed by atoms with Crippen LogP contribution in [0.4, 0.5) is 0 Å². The molecule has 0 amide bonds. The van der Waals surface area contributed by atoms with Crippen molar-refractivity contribution in [3.05, 3.63) is 23.8 Å². The van der Waals surface area contributed by atoms with Crippen molar-refractivity contribution >= 4 is 20.0 Å². The SMILES string of the molecule is Cc1ccc(S(=O)(=O)NN)c(S(=O)(=O)NN)c1. The molecule has 0 fully saturated rings. The molecule has 0 spiro atoms. The van der Waals surface area contributed by atoms with Gasteiger partial charge in [0.15, 0.2) is 0 Å². The fourth-order valence-corrected chi connectivity index (χ4v) is 3.33. The molecule has 0 bridgehead atoms. The molecule has 0 saturated heterocycles. The number of benzene rings is 1. The summed E-state index contributed by atoms with van der Waals surface area (Å²) in [7, 11) is -8.18. The molecule has 0 aliphatic heterocycles. The Hall–Kier alpha value is -1.04. The predicted molar refractivity (Wildman–Crippen MR) is 60.2 cm³/mol. The number of hydrogen-bond acceptors (Lipinski definition) is 6. The highest BCUT2D eigenvalue weighted by atomic mass is 32.2. The van der Waals surface area contributed by atoms with E-state index in [1.54, 1.807) is 16.6 Å². The van der Waals surface area contributed by atoms with Crippen molar-refractivity contribution in [2.24, 2.45) is 11.7 Å². The molecule has 0 saturated carbocycles. The van der Waals surface area contributed by atoms with E-state index in [1.807, 2.05) is 0 Å². The van der Waals surface area contributed by atoms with Crippen LogP contribution in [0.5, 0.6) is 0 Å². The molecule has 10 heteroatoms. The lowest BCUT2D eigenvalue weighted by molar-refractivity contribution is 0.570. The molecule has 1 aromatic rings. The second-order valence-electron chi connectivity index (χ2n) is 3.19. The van der Waals surface area contributed by atoms with E-state index in [-0.39, 0.29) is 0 Å². The normalized spacial score (nSPS) is 12.6. The van der Waals surface area contributed by atoms with Crippen molar-refractivity contribution in [2.45, 2.75) is 16.7 Å². The van der Waals surface area contributed by atoms with E-state index >= 15 is 0 Å². The molecule has 0 aliphatic carbocycles. The average molecular weight is 280 g/mol. The number of rotatable bonds is 4. The van der Waals surface area contributed by atoms with Crippen molar-refractivity contribution in [3.63, 3.8) is 0 Å². The van der Waals surface area contributed by atoms with Crippen LogP contribution in [0.2, 0.25) is 0 Å². The minimum Gasteiger partial charge on any atom is -0.257 e. The molecule has 0 aliphatic rings. The lowest BCUT2D eigenvalue weighted by Crippen LogP contribution is -2.35. The Bertz CT molecular complexity index is 623. The molecule has 0 heterocycles. The van der Waals surface area contributed by atoms with Gasteiger partial charge in [-0.25, -0.2) is 16.8 Å². The molecule has 96 valence electrons. The van der Waals surface area contributed by atoms with Crippen molar-refractivity contribution in [3.8, 4) is 0 Å². The van der Waals surface area contributed by atoms with Crippen LogP contribution >= 0.6 is 0 Å². The summed E-state index contributed by atoms with van der Waals surface area (Å²) in [5, 5.41) is 0. The first-order valence-electron chi connectivity index (χ1n) is 4.30. The van der Waals surface area contributed by atoms with Gasteiger partial charge in [0.2, 0.25) is 0 Å². The van der Waals surface area contributed by atoms with Crippen LogP contribution in [0, 0.1) is 6.92 Å². The minimum atomic E-state index is -4.09. The first-order chi connectivity index (χ1) is 7.74. The van der Waals surface area contributed by atoms with E-state index in [0.717, 1.165) is 6.07 Å². The van der Waals surface area contributed by atoms with E-state index in [2.05, 4.69) is 0 Å². The van der Waals surface area contributed by atoms with Crippen molar-refractivity contribution < 1.29 is 16.8 Å². The van der Waals surface area contributed by atoms with Crippen molar-refractivity contribution in [1.82, 2.24) is 9.66 Å². The van der Waals surface area contributed by atoms with E-state index < -0.39 is 29.8 Å². The van der Waals surface area contributed by atoms with Gasteiger partial charge >= 0.3 is 0 Å². The number of hydrazine groups is 2. The zero-order valence-corrected chi connectivity index (χ0v) is 10.5. The number of aryl methyl sites for hydroxylation is 1. The summed E-state index contributed by atoms with van der Waals surface area (Å²) >= 11 is 0. The highest BCUT2D eigenvalue weighted by Crippen LogP contribution is 2.21. The molecule has 0 aromatic heterocycles. The van der Waals surface area contributed by atoms with Gasteiger partial charge in [-0.05, 0) is 24.6 Å². The van der Waals surface area contributed by atoms with Crippen LogP contribution in [0.1, 0.15) is 5.56 Å². The first-order valence-corrected chi connectivity index (χ1v) is 7.26. The fraction of sp³-hybridized carbons (Fsp3) is 0.143. The summed E-state index contributed by atoms with van der Waals surface area (Å²) < 4.78 is 46.2. The Balaban J connectivity index is 3.66. The zero-order valence-electron chi connectivity index (χ0n) is 8.84. The highest BCUT2D eigenvalue weighted by Gasteiger charge is 2.25. The predicted octanol–water partition coefficient (Wildman–Crippen LogP) is -1.70. The second kappa shape index (κ2) is 4.68. The molecule has 6 N–H and O–H groups in total. The molecular weight excluding hydrogens is 268 g/mol. The largest absolute Gasteiger partial charge is 0.257 e. The molecule has 0 atom stereocenters. The fourth-order valence-electron chi connectivity index (χ4n) is 1.17. The lowest BCUT2D eigenvalue weighted by Gasteiger charge is -2.10. The number of nitrogens with two attached hydrogens (primary N) is 2. The average Bonchev–Trinajstić information content (AvgIpc) is 2.28. The van der Waals surface area contributed by atoms with Gasteiger partial charge in [0, 0.05) is 0 Å². The van der Waals surface area contributed by atoms with Crippen molar-refractivity contribution in [2.75, 3.05) is 0 Å². The number of sulfonamides is 2. The Morgan fingerprint density at radius 3 is 1.88 bits per heavy atom. The molecule has 0 radical (unpaired) electrons. The minimum absolute atomic E-state index is 0.460. The Morgan fingerprint density at radius 1 is 0.941 bits per heavy atom. The maximum absolute atomic E-state index is 11.6. The standard InChI is InChI=1S/C7H12N4O4S2/c1-5-2-3-6(16(12,13)10-8)7(4-5)17(14,15)11-9/h2-4,10-11H,8-9H2,1H3. The second-order valence-corrected chi connectivity index (χ2v) is 6.56. The van der Waals surface area contributed by atoms with Crippen LogP contribution in [0.25, 0.3) is 0 Å². The molecule has 0 unspecified atom stereocenters. The van der Waals surface area contributed by atoms with Gasteiger partial charge < -0.3 is 0 Å². The maximum Gasteiger partial charge on any atom is 0.254 e. The van der Waals surface area contributed by atoms with Gasteiger partial charge in [-0.15, -0.1) is 0 Å². The summed E-state index contributed by atoms with van der Waals surface area (Å²) in [6.45, 7) is 1.61. The molecule has 1 aromatic carbocycles. The molecule has 17 heavy (non-hydrogen) atoms. The summed E-state index contributed by atoms with van der Waals surface area (Å²) in [5.74, 6) is 9.70. The van der Waals surface area contributed by atoms with Crippen molar-refractivity contribution in [1.29, 1.82) is 0 Å². The highest BCUT2D eigenvalue weighted by molar-refractivity contribution is 7.92. The first kappa shape index (κ1) is 14.0. The Morgan fingerprint density at radius 2 is 1.41 bits per heavy atom. The molecular formula is C7H12N4O4S2. The van der Waals surface area contributed by atoms with Crippen LogP contribution in [-0.2, 0) is 20.0 Å². The van der Waals surface area contributed by atoms with Gasteiger partial charge in [-0.1, -0.05) is 6.07 Å². The van der Waals surface area contributed by atoms with Crippen LogP contribution in [-0.4, -0.2) is 16.8 Å². The summed E-state index contributed by atoms with van der Waals surface area (Å²) in [6.07, 6.45) is 0. The van der Waals surface area contributed by atoms with E-state index in [0.29, 0.717) is 5.56 Å². The summed E-state index contributed by atoms with van der Waals surface area (Å²) in [4.78, 5) is 2.18. The van der Waals surface area contributed by atoms with E-state index in [9.17, 15) is 16.8 Å². The summed E-state index contributed by atoms with van der Waals surface area (Å²) in [6, 6.07) is 3.76. The Labute approximate surface area is 99.0 Å². The van der Waals surface area contributed by atoms with E-state index in [4.69, 9.17) is 11.7 Å². The lowest BCUT2D eigenvalue weighted by atomic mass is 10.2. The summed E-state index contributed by atoms with van der Waals surface area (Å²) in [5.41, 5.74) is 0.565. The Kier molecular flexibility index (Phi) is 3.86. The van der Waals surface area contributed by atoms with Crippen LogP contribution < -0.4 is 21.3 Å². The van der Waals surface area contributed by atoms with Gasteiger partial charge in [-0.2, -0.15) is 9.66 Å². The van der Waals surface area contributed by atoms with Gasteiger partial charge in [0.25, 0.3) is 20.0 Å². The van der Waals surface area contributed by atoms with E-state index in [1.165, 1.54) is 12.1 Å².